The van der Waals surface area contributed by atoms with E-state index in [0.29, 0.717) is 6.54 Å². The molecule has 2 rings (SSSR count). The zero-order valence-electron chi connectivity index (χ0n) is 10.1. The van der Waals surface area contributed by atoms with Gasteiger partial charge in [-0.2, -0.15) is 0 Å². The Morgan fingerprint density at radius 3 is 2.65 bits per heavy atom. The highest BCUT2D eigenvalue weighted by Gasteiger charge is 2.04. The molecule has 0 aliphatic heterocycles. The lowest BCUT2D eigenvalue weighted by Gasteiger charge is -2.07. The number of pyridine rings is 1. The van der Waals surface area contributed by atoms with E-state index in [-0.39, 0.29) is 0 Å². The standard InChI is InChI=1S/C14H16N2S/c1-10-7-11(2)16-14(8-10)17-13-6-4-3-5-12(13)9-15/h3-8H,9,15H2,1-2H3. The van der Waals surface area contributed by atoms with Crippen LogP contribution >= 0.6 is 11.8 Å². The lowest BCUT2D eigenvalue weighted by Crippen LogP contribution is -1.98. The molecule has 0 radical (unpaired) electrons. The van der Waals surface area contributed by atoms with Crippen LogP contribution in [0.5, 0.6) is 0 Å². The fraction of sp³-hybridized carbons (Fsp3) is 0.214. The van der Waals surface area contributed by atoms with Crippen LogP contribution in [0.3, 0.4) is 0 Å². The van der Waals surface area contributed by atoms with Gasteiger partial charge in [-0.25, -0.2) is 4.98 Å². The Balaban J connectivity index is 2.31. The third kappa shape index (κ3) is 3.08. The van der Waals surface area contributed by atoms with E-state index in [1.54, 1.807) is 11.8 Å². The van der Waals surface area contributed by atoms with Gasteiger partial charge in [0.15, 0.2) is 0 Å². The Bertz CT molecular complexity index is 503. The van der Waals surface area contributed by atoms with Crippen molar-refractivity contribution < 1.29 is 0 Å². The molecule has 88 valence electrons. The van der Waals surface area contributed by atoms with Crippen molar-refractivity contribution in [2.24, 2.45) is 5.73 Å². The predicted molar refractivity (Wildman–Crippen MR) is 72.2 cm³/mol. The van der Waals surface area contributed by atoms with E-state index in [1.165, 1.54) is 16.0 Å². The molecule has 2 nitrogen and oxygen atoms in total. The number of rotatable bonds is 3. The van der Waals surface area contributed by atoms with Crippen LogP contribution in [0.2, 0.25) is 0 Å². The number of hydrogen-bond acceptors (Lipinski definition) is 3. The van der Waals surface area contributed by atoms with E-state index in [0.717, 1.165) is 10.7 Å². The molecule has 0 atom stereocenters. The zero-order chi connectivity index (χ0) is 12.3. The van der Waals surface area contributed by atoms with Crippen molar-refractivity contribution in [3.05, 3.63) is 53.2 Å². The van der Waals surface area contributed by atoms with Crippen molar-refractivity contribution in [3.8, 4) is 0 Å². The lowest BCUT2D eigenvalue weighted by atomic mass is 10.2. The normalized spacial score (nSPS) is 10.5. The summed E-state index contributed by atoms with van der Waals surface area (Å²) >= 11 is 1.68. The van der Waals surface area contributed by atoms with E-state index < -0.39 is 0 Å². The molecule has 0 amide bonds. The molecule has 0 aliphatic rings. The molecule has 2 aromatic rings. The van der Waals surface area contributed by atoms with Crippen LogP contribution < -0.4 is 5.73 Å². The second-order valence-corrected chi connectivity index (χ2v) is 5.10. The molecular weight excluding hydrogens is 228 g/mol. The number of aryl methyl sites for hydroxylation is 2. The third-order valence-electron chi connectivity index (χ3n) is 2.48. The van der Waals surface area contributed by atoms with Gasteiger partial charge in [0.05, 0.1) is 0 Å². The molecule has 17 heavy (non-hydrogen) atoms. The second-order valence-electron chi connectivity index (χ2n) is 4.04. The second kappa shape index (κ2) is 5.34. The lowest BCUT2D eigenvalue weighted by molar-refractivity contribution is 1.01. The van der Waals surface area contributed by atoms with E-state index in [4.69, 9.17) is 5.73 Å². The summed E-state index contributed by atoms with van der Waals surface area (Å²) in [5.74, 6) is 0. The Morgan fingerprint density at radius 1 is 1.18 bits per heavy atom. The molecular formula is C14H16N2S. The summed E-state index contributed by atoms with van der Waals surface area (Å²) in [5, 5.41) is 1.03. The summed E-state index contributed by atoms with van der Waals surface area (Å²) in [4.78, 5) is 5.71. The molecule has 0 aliphatic carbocycles. The molecule has 1 aromatic heterocycles. The highest BCUT2D eigenvalue weighted by atomic mass is 32.2. The summed E-state index contributed by atoms with van der Waals surface area (Å²) in [5.41, 5.74) is 9.19. The maximum Gasteiger partial charge on any atom is 0.101 e. The largest absolute Gasteiger partial charge is 0.326 e. The number of benzene rings is 1. The van der Waals surface area contributed by atoms with E-state index in [2.05, 4.69) is 36.2 Å². The van der Waals surface area contributed by atoms with Gasteiger partial charge in [0, 0.05) is 17.1 Å². The van der Waals surface area contributed by atoms with Crippen molar-refractivity contribution in [3.63, 3.8) is 0 Å². The van der Waals surface area contributed by atoms with Gasteiger partial charge in [0.25, 0.3) is 0 Å². The summed E-state index contributed by atoms with van der Waals surface area (Å²) in [6.07, 6.45) is 0. The highest BCUT2D eigenvalue weighted by molar-refractivity contribution is 7.99. The third-order valence-corrected chi connectivity index (χ3v) is 3.52. The molecule has 0 saturated carbocycles. The fourth-order valence-corrected chi connectivity index (χ4v) is 2.83. The van der Waals surface area contributed by atoms with Crippen molar-refractivity contribution in [1.29, 1.82) is 0 Å². The predicted octanol–water partition coefficient (Wildman–Crippen LogP) is 3.31. The quantitative estimate of drug-likeness (QED) is 0.900. The zero-order valence-corrected chi connectivity index (χ0v) is 10.9. The fourth-order valence-electron chi connectivity index (χ4n) is 1.74. The SMILES string of the molecule is Cc1cc(C)nc(Sc2ccccc2CN)c1. The van der Waals surface area contributed by atoms with E-state index in [9.17, 15) is 0 Å². The number of hydrogen-bond donors (Lipinski definition) is 1. The minimum absolute atomic E-state index is 0.563. The Kier molecular flexibility index (Phi) is 3.82. The summed E-state index contributed by atoms with van der Waals surface area (Å²) in [7, 11) is 0. The topological polar surface area (TPSA) is 38.9 Å². The van der Waals surface area contributed by atoms with Gasteiger partial charge in [-0.15, -0.1) is 0 Å². The number of nitrogens with two attached hydrogens (primary N) is 1. The Hall–Kier alpha value is -1.32. The number of nitrogens with zero attached hydrogens (tertiary/aromatic N) is 1. The van der Waals surface area contributed by atoms with Gasteiger partial charge in [-0.05, 0) is 43.2 Å². The van der Waals surface area contributed by atoms with Crippen LogP contribution in [0.15, 0.2) is 46.3 Å². The van der Waals surface area contributed by atoms with Gasteiger partial charge >= 0.3 is 0 Å². The molecule has 2 N–H and O–H groups in total. The minimum atomic E-state index is 0.563. The Labute approximate surface area is 106 Å². The van der Waals surface area contributed by atoms with Crippen LogP contribution in [0.4, 0.5) is 0 Å². The van der Waals surface area contributed by atoms with Gasteiger partial charge in [0.2, 0.25) is 0 Å². The van der Waals surface area contributed by atoms with Crippen LogP contribution in [-0.2, 0) is 6.54 Å². The molecule has 3 heteroatoms. The van der Waals surface area contributed by atoms with Crippen molar-refractivity contribution in [2.45, 2.75) is 30.3 Å². The van der Waals surface area contributed by atoms with Crippen LogP contribution in [0, 0.1) is 13.8 Å². The van der Waals surface area contributed by atoms with Crippen molar-refractivity contribution in [2.75, 3.05) is 0 Å². The van der Waals surface area contributed by atoms with Crippen LogP contribution in [0.25, 0.3) is 0 Å². The average molecular weight is 244 g/mol. The first kappa shape index (κ1) is 12.1. The van der Waals surface area contributed by atoms with Gasteiger partial charge in [-0.1, -0.05) is 30.0 Å². The summed E-state index contributed by atoms with van der Waals surface area (Å²) in [6.45, 7) is 4.67. The van der Waals surface area contributed by atoms with Crippen LogP contribution in [-0.4, -0.2) is 4.98 Å². The van der Waals surface area contributed by atoms with Crippen LogP contribution in [0.1, 0.15) is 16.8 Å². The molecule has 0 fully saturated rings. The molecule has 1 aromatic carbocycles. The maximum atomic E-state index is 5.73. The number of aromatic nitrogens is 1. The summed E-state index contributed by atoms with van der Waals surface area (Å²) in [6, 6.07) is 12.4. The molecule has 0 saturated heterocycles. The summed E-state index contributed by atoms with van der Waals surface area (Å²) < 4.78 is 0. The molecule has 0 unspecified atom stereocenters. The molecule has 0 spiro atoms. The first-order valence-electron chi connectivity index (χ1n) is 5.60. The average Bonchev–Trinajstić information content (AvgIpc) is 2.28. The van der Waals surface area contributed by atoms with Gasteiger partial charge in [0.1, 0.15) is 5.03 Å². The highest BCUT2D eigenvalue weighted by Crippen LogP contribution is 2.29. The molecule has 0 bridgehead atoms. The van der Waals surface area contributed by atoms with Gasteiger partial charge in [-0.3, -0.25) is 0 Å². The monoisotopic (exact) mass is 244 g/mol. The maximum absolute atomic E-state index is 5.73. The van der Waals surface area contributed by atoms with Crippen molar-refractivity contribution >= 4 is 11.8 Å². The first-order valence-corrected chi connectivity index (χ1v) is 6.42. The van der Waals surface area contributed by atoms with Crippen molar-refractivity contribution in [1.82, 2.24) is 4.98 Å². The van der Waals surface area contributed by atoms with E-state index in [1.807, 2.05) is 19.1 Å². The molecule has 1 heterocycles. The van der Waals surface area contributed by atoms with E-state index >= 15 is 0 Å². The first-order chi connectivity index (χ1) is 8.19. The minimum Gasteiger partial charge on any atom is -0.326 e. The Morgan fingerprint density at radius 2 is 1.94 bits per heavy atom. The smallest absolute Gasteiger partial charge is 0.101 e. The van der Waals surface area contributed by atoms with Gasteiger partial charge < -0.3 is 5.73 Å².